The van der Waals surface area contributed by atoms with Crippen molar-refractivity contribution in [2.75, 3.05) is 0 Å². The van der Waals surface area contributed by atoms with Crippen LogP contribution in [-0.2, 0) is 22.7 Å². The van der Waals surface area contributed by atoms with Crippen molar-refractivity contribution in [1.82, 2.24) is 4.98 Å². The second-order valence-electron chi connectivity index (χ2n) is 8.44. The van der Waals surface area contributed by atoms with Gasteiger partial charge in [-0.3, -0.25) is 4.98 Å². The van der Waals surface area contributed by atoms with Crippen LogP contribution in [-0.4, -0.2) is 23.6 Å². The number of allylic oxidation sites excluding steroid dienone is 4. The van der Waals surface area contributed by atoms with Crippen LogP contribution in [0.5, 0.6) is 11.5 Å². The van der Waals surface area contributed by atoms with E-state index < -0.39 is 9.84 Å². The first-order chi connectivity index (χ1) is 15.2. The summed E-state index contributed by atoms with van der Waals surface area (Å²) in [6, 6.07) is 4.53. The Morgan fingerprint density at radius 3 is 2.50 bits per heavy atom. The molecule has 0 amide bonds. The standard InChI is InChI=1S/C26H35NO4S/c1-5-6-7-12-21-17-24(28)23(15-14-20(4)11-8-10-19(2)3)25(29)26(21)32(30,31)22-13-9-16-27-18-22/h9-10,13-14,16-18,28-29H,5-8,11-12,15H2,1-4H3. The maximum atomic E-state index is 13.4. The van der Waals surface area contributed by atoms with Crippen LogP contribution in [0.4, 0.5) is 0 Å². The van der Waals surface area contributed by atoms with Gasteiger partial charge < -0.3 is 10.2 Å². The Morgan fingerprint density at radius 1 is 1.12 bits per heavy atom. The van der Waals surface area contributed by atoms with Crippen molar-refractivity contribution in [2.45, 2.75) is 82.4 Å². The molecule has 2 aromatic rings. The molecule has 0 aliphatic carbocycles. The molecule has 0 saturated heterocycles. The van der Waals surface area contributed by atoms with E-state index in [1.54, 1.807) is 6.07 Å². The van der Waals surface area contributed by atoms with Crippen LogP contribution in [0.15, 0.2) is 63.7 Å². The van der Waals surface area contributed by atoms with Crippen LogP contribution in [0, 0.1) is 0 Å². The number of aryl methyl sites for hydroxylation is 1. The summed E-state index contributed by atoms with van der Waals surface area (Å²) in [6.07, 6.45) is 12.1. The molecular weight excluding hydrogens is 422 g/mol. The molecule has 5 nitrogen and oxygen atoms in total. The summed E-state index contributed by atoms with van der Waals surface area (Å²) in [6.45, 7) is 8.18. The minimum Gasteiger partial charge on any atom is -0.508 e. The smallest absolute Gasteiger partial charge is 0.212 e. The second kappa shape index (κ2) is 11.9. The Morgan fingerprint density at radius 2 is 1.88 bits per heavy atom. The summed E-state index contributed by atoms with van der Waals surface area (Å²) >= 11 is 0. The van der Waals surface area contributed by atoms with Crippen molar-refractivity contribution >= 4 is 9.84 Å². The molecule has 1 heterocycles. The van der Waals surface area contributed by atoms with E-state index in [-0.39, 0.29) is 33.3 Å². The van der Waals surface area contributed by atoms with E-state index in [1.807, 2.05) is 13.0 Å². The first-order valence-corrected chi connectivity index (χ1v) is 12.7. The highest BCUT2D eigenvalue weighted by molar-refractivity contribution is 7.91. The van der Waals surface area contributed by atoms with Crippen molar-refractivity contribution in [3.63, 3.8) is 0 Å². The molecule has 0 aliphatic heterocycles. The van der Waals surface area contributed by atoms with Gasteiger partial charge in [-0.15, -0.1) is 0 Å². The second-order valence-corrected chi connectivity index (χ2v) is 10.3. The van der Waals surface area contributed by atoms with Crippen LogP contribution in [0.2, 0.25) is 0 Å². The van der Waals surface area contributed by atoms with Gasteiger partial charge in [0.1, 0.15) is 16.4 Å². The number of hydrogen-bond donors (Lipinski definition) is 2. The summed E-state index contributed by atoms with van der Waals surface area (Å²) in [7, 11) is -3.99. The molecule has 0 radical (unpaired) electrons. The molecule has 174 valence electrons. The van der Waals surface area contributed by atoms with Crippen LogP contribution >= 0.6 is 0 Å². The summed E-state index contributed by atoms with van der Waals surface area (Å²) in [5.41, 5.74) is 3.04. The van der Waals surface area contributed by atoms with Crippen LogP contribution < -0.4 is 0 Å². The molecule has 2 N–H and O–H groups in total. The largest absolute Gasteiger partial charge is 0.508 e. The van der Waals surface area contributed by atoms with Gasteiger partial charge in [0.15, 0.2) is 0 Å². The van der Waals surface area contributed by atoms with Crippen LogP contribution in [0.1, 0.15) is 70.9 Å². The molecule has 0 unspecified atom stereocenters. The third-order valence-electron chi connectivity index (χ3n) is 5.42. The number of pyridine rings is 1. The highest BCUT2D eigenvalue weighted by Crippen LogP contribution is 2.40. The fourth-order valence-corrected chi connectivity index (χ4v) is 5.15. The number of unbranched alkanes of at least 4 members (excludes halogenated alkanes) is 2. The maximum absolute atomic E-state index is 13.4. The average Bonchev–Trinajstić information content (AvgIpc) is 2.73. The van der Waals surface area contributed by atoms with Gasteiger partial charge in [-0.1, -0.05) is 43.1 Å². The lowest BCUT2D eigenvalue weighted by Gasteiger charge is -2.17. The van der Waals surface area contributed by atoms with Gasteiger partial charge in [-0.25, -0.2) is 8.42 Å². The maximum Gasteiger partial charge on any atom is 0.212 e. The number of benzene rings is 1. The van der Waals surface area contributed by atoms with Gasteiger partial charge in [0.2, 0.25) is 9.84 Å². The number of aromatic hydroxyl groups is 2. The molecule has 0 fully saturated rings. The SMILES string of the molecule is CCCCCc1cc(O)c(CC=C(C)CCC=C(C)C)c(O)c1S(=O)(=O)c1cccnc1. The van der Waals surface area contributed by atoms with E-state index in [1.165, 1.54) is 30.1 Å². The van der Waals surface area contributed by atoms with Gasteiger partial charge in [-0.2, -0.15) is 0 Å². The first kappa shape index (κ1) is 25.7. The number of rotatable bonds is 11. The quantitative estimate of drug-likeness (QED) is 0.306. The molecule has 0 aliphatic rings. The molecule has 0 bridgehead atoms. The van der Waals surface area contributed by atoms with Crippen molar-refractivity contribution in [1.29, 1.82) is 0 Å². The zero-order valence-corrected chi connectivity index (χ0v) is 20.4. The Kier molecular flexibility index (Phi) is 9.51. The van der Waals surface area contributed by atoms with E-state index in [2.05, 4.69) is 31.8 Å². The molecule has 6 heteroatoms. The minimum atomic E-state index is -3.99. The number of hydrogen-bond acceptors (Lipinski definition) is 5. The molecule has 1 aromatic heterocycles. The predicted molar refractivity (Wildman–Crippen MR) is 129 cm³/mol. The van der Waals surface area contributed by atoms with Gasteiger partial charge in [0.25, 0.3) is 0 Å². The molecular formula is C26H35NO4S. The lowest BCUT2D eigenvalue weighted by Crippen LogP contribution is -2.08. The predicted octanol–water partition coefficient (Wildman–Crippen LogP) is 6.29. The zero-order valence-electron chi connectivity index (χ0n) is 19.6. The van der Waals surface area contributed by atoms with Crippen LogP contribution in [0.25, 0.3) is 0 Å². The molecule has 2 rings (SSSR count). The highest BCUT2D eigenvalue weighted by atomic mass is 32.2. The lowest BCUT2D eigenvalue weighted by atomic mass is 10.00. The van der Waals surface area contributed by atoms with E-state index in [0.29, 0.717) is 12.0 Å². The van der Waals surface area contributed by atoms with Gasteiger partial charge in [0.05, 0.1) is 4.90 Å². The lowest BCUT2D eigenvalue weighted by molar-refractivity contribution is 0.427. The Balaban J connectivity index is 2.49. The summed E-state index contributed by atoms with van der Waals surface area (Å²) < 4.78 is 26.8. The highest BCUT2D eigenvalue weighted by Gasteiger charge is 2.28. The summed E-state index contributed by atoms with van der Waals surface area (Å²) in [5, 5.41) is 21.7. The van der Waals surface area contributed by atoms with Gasteiger partial charge in [-0.05, 0) is 76.6 Å². The number of aromatic nitrogens is 1. The van der Waals surface area contributed by atoms with Gasteiger partial charge >= 0.3 is 0 Å². The fraction of sp³-hybridized carbons (Fsp3) is 0.423. The van der Waals surface area contributed by atoms with E-state index >= 15 is 0 Å². The monoisotopic (exact) mass is 457 g/mol. The summed E-state index contributed by atoms with van der Waals surface area (Å²) in [5.74, 6) is -0.443. The van der Waals surface area contributed by atoms with Crippen molar-refractivity contribution in [2.24, 2.45) is 0 Å². The third kappa shape index (κ3) is 6.70. The zero-order chi connectivity index (χ0) is 23.7. The Labute approximate surface area is 192 Å². The van der Waals surface area contributed by atoms with Crippen molar-refractivity contribution in [3.8, 4) is 11.5 Å². The average molecular weight is 458 g/mol. The topological polar surface area (TPSA) is 87.5 Å². The minimum absolute atomic E-state index is 0.0251. The molecule has 1 aromatic carbocycles. The molecule has 0 saturated carbocycles. The van der Waals surface area contributed by atoms with E-state index in [4.69, 9.17) is 0 Å². The van der Waals surface area contributed by atoms with Crippen LogP contribution in [0.3, 0.4) is 0 Å². The van der Waals surface area contributed by atoms with E-state index in [0.717, 1.165) is 37.7 Å². The normalized spacial score (nSPS) is 12.1. The number of phenolic OH excluding ortho intramolecular Hbond substituents is 2. The Bertz CT molecular complexity index is 1070. The molecule has 0 spiro atoms. The van der Waals surface area contributed by atoms with Crippen molar-refractivity contribution < 1.29 is 18.6 Å². The Hall–Kier alpha value is -2.60. The summed E-state index contributed by atoms with van der Waals surface area (Å²) in [4.78, 5) is 3.83. The first-order valence-electron chi connectivity index (χ1n) is 11.2. The number of phenols is 2. The van der Waals surface area contributed by atoms with Crippen molar-refractivity contribution in [3.05, 3.63) is 65.0 Å². The number of sulfone groups is 1. The molecule has 0 atom stereocenters. The number of nitrogens with zero attached hydrogens (tertiary/aromatic N) is 1. The van der Waals surface area contributed by atoms with E-state index in [9.17, 15) is 18.6 Å². The van der Waals surface area contributed by atoms with Gasteiger partial charge in [0, 0.05) is 18.0 Å². The fourth-order valence-electron chi connectivity index (χ4n) is 3.57. The third-order valence-corrected chi connectivity index (χ3v) is 7.28. The molecule has 32 heavy (non-hydrogen) atoms.